The summed E-state index contributed by atoms with van der Waals surface area (Å²) in [6.07, 6.45) is -3.48. The van der Waals surface area contributed by atoms with Gasteiger partial charge in [-0.1, -0.05) is 28.9 Å². The molecule has 0 bridgehead atoms. The van der Waals surface area contributed by atoms with Gasteiger partial charge in [-0.15, -0.1) is 0 Å². The lowest BCUT2D eigenvalue weighted by Gasteiger charge is -2.07. The van der Waals surface area contributed by atoms with Crippen LogP contribution >= 0.6 is 11.6 Å². The molecule has 0 fully saturated rings. The molecule has 0 heterocycles. The molecule has 0 saturated heterocycles. The van der Waals surface area contributed by atoms with E-state index in [4.69, 9.17) is 11.6 Å². The first-order valence-corrected chi connectivity index (χ1v) is 6.52. The zero-order chi connectivity index (χ0) is 17.0. The van der Waals surface area contributed by atoms with Crippen LogP contribution in [0.1, 0.15) is 21.5 Å². The third kappa shape index (κ3) is 4.53. The van der Waals surface area contributed by atoms with Crippen molar-refractivity contribution in [3.05, 3.63) is 70.0 Å². The summed E-state index contributed by atoms with van der Waals surface area (Å²) in [5.41, 5.74) is -0.913. The van der Waals surface area contributed by atoms with E-state index in [0.29, 0.717) is 11.6 Å². The van der Waals surface area contributed by atoms with Gasteiger partial charge in [0.15, 0.2) is 0 Å². The maximum Gasteiger partial charge on any atom is 0.416 e. The fraction of sp³-hybridized carbons (Fsp3) is 0.0667. The van der Waals surface area contributed by atoms with Gasteiger partial charge in [-0.05, 0) is 35.9 Å². The highest BCUT2D eigenvalue weighted by Gasteiger charge is 2.31. The lowest BCUT2D eigenvalue weighted by Crippen LogP contribution is -2.08. The van der Waals surface area contributed by atoms with Crippen LogP contribution in [0.25, 0.3) is 0 Å². The largest absolute Gasteiger partial charge is 0.416 e. The third-order valence-corrected chi connectivity index (χ3v) is 3.00. The van der Waals surface area contributed by atoms with Crippen molar-refractivity contribution < 1.29 is 27.2 Å². The summed E-state index contributed by atoms with van der Waals surface area (Å²) < 4.78 is 50.6. The Morgan fingerprint density at radius 1 is 1.17 bits per heavy atom. The van der Waals surface area contributed by atoms with Crippen molar-refractivity contribution in [2.45, 2.75) is 6.18 Å². The number of hydrogen-bond acceptors (Lipinski definition) is 3. The monoisotopic (exact) mass is 345 g/mol. The Morgan fingerprint density at radius 2 is 1.91 bits per heavy atom. The molecule has 0 atom stereocenters. The molecule has 0 aromatic heterocycles. The Kier molecular flexibility index (Phi) is 5.00. The quantitative estimate of drug-likeness (QED) is 0.350. The van der Waals surface area contributed by atoms with Crippen LogP contribution in [0, 0.1) is 5.82 Å². The molecular formula is C15H8ClF4NO2. The van der Waals surface area contributed by atoms with Crippen molar-refractivity contribution in [2.75, 3.05) is 0 Å². The van der Waals surface area contributed by atoms with E-state index in [0.717, 1.165) is 24.4 Å². The molecule has 0 aliphatic carbocycles. The van der Waals surface area contributed by atoms with Crippen molar-refractivity contribution >= 4 is 23.8 Å². The standard InChI is InChI=1S/C15H8ClF4NO2/c16-12-6-9(4-5-13(12)17)8-21-23-14(22)10-2-1-3-11(7-10)15(18,19)20/h1-8H/b21-8-. The van der Waals surface area contributed by atoms with E-state index in [2.05, 4.69) is 9.99 Å². The zero-order valence-corrected chi connectivity index (χ0v) is 12.0. The first kappa shape index (κ1) is 17.0. The summed E-state index contributed by atoms with van der Waals surface area (Å²) in [7, 11) is 0. The minimum absolute atomic E-state index is 0.141. The molecule has 0 N–H and O–H groups in total. The molecule has 120 valence electrons. The molecule has 0 spiro atoms. The zero-order valence-electron chi connectivity index (χ0n) is 11.3. The number of carbonyl (C=O) groups excluding carboxylic acids is 1. The van der Waals surface area contributed by atoms with Gasteiger partial charge in [0.2, 0.25) is 0 Å². The number of halogens is 5. The minimum Gasteiger partial charge on any atom is -0.313 e. The topological polar surface area (TPSA) is 38.7 Å². The van der Waals surface area contributed by atoms with Crippen molar-refractivity contribution in [3.63, 3.8) is 0 Å². The van der Waals surface area contributed by atoms with Crippen LogP contribution in [0.2, 0.25) is 5.02 Å². The Hall–Kier alpha value is -2.41. The fourth-order valence-corrected chi connectivity index (χ4v) is 1.79. The first-order chi connectivity index (χ1) is 10.8. The molecule has 2 aromatic carbocycles. The number of hydrogen-bond donors (Lipinski definition) is 0. The molecule has 0 aliphatic heterocycles. The van der Waals surface area contributed by atoms with E-state index in [9.17, 15) is 22.4 Å². The lowest BCUT2D eigenvalue weighted by atomic mass is 10.1. The molecule has 0 amide bonds. The number of nitrogens with zero attached hydrogens (tertiary/aromatic N) is 1. The van der Waals surface area contributed by atoms with E-state index < -0.39 is 23.5 Å². The number of rotatable bonds is 3. The van der Waals surface area contributed by atoms with E-state index in [1.54, 1.807) is 0 Å². The number of alkyl halides is 3. The second-order valence-electron chi connectivity index (χ2n) is 4.37. The molecule has 0 saturated carbocycles. The van der Waals surface area contributed by atoms with Crippen molar-refractivity contribution in [2.24, 2.45) is 5.16 Å². The molecule has 0 aliphatic rings. The predicted octanol–water partition coefficient (Wildman–Crippen LogP) is 4.69. The SMILES string of the molecule is O=C(O/N=C\c1ccc(F)c(Cl)c1)c1cccc(C(F)(F)F)c1. The number of carbonyl (C=O) groups is 1. The Bertz CT molecular complexity index is 759. The van der Waals surface area contributed by atoms with Gasteiger partial charge >= 0.3 is 12.1 Å². The van der Waals surface area contributed by atoms with E-state index in [-0.39, 0.29) is 10.6 Å². The van der Waals surface area contributed by atoms with E-state index >= 15 is 0 Å². The third-order valence-electron chi connectivity index (χ3n) is 2.71. The molecule has 0 radical (unpaired) electrons. The fourth-order valence-electron chi connectivity index (χ4n) is 1.60. The smallest absolute Gasteiger partial charge is 0.313 e. The van der Waals surface area contributed by atoms with Crippen LogP contribution in [0.3, 0.4) is 0 Å². The Balaban J connectivity index is 2.07. The van der Waals surface area contributed by atoms with Gasteiger partial charge in [0.05, 0.1) is 22.4 Å². The van der Waals surface area contributed by atoms with Gasteiger partial charge in [0, 0.05) is 0 Å². The molecule has 23 heavy (non-hydrogen) atoms. The second-order valence-corrected chi connectivity index (χ2v) is 4.77. The van der Waals surface area contributed by atoms with Gasteiger partial charge in [0.25, 0.3) is 0 Å². The molecule has 2 rings (SSSR count). The average Bonchev–Trinajstić information content (AvgIpc) is 2.50. The molecule has 3 nitrogen and oxygen atoms in total. The highest BCUT2D eigenvalue weighted by molar-refractivity contribution is 6.31. The Labute approximate surface area is 133 Å². The number of oxime groups is 1. The highest BCUT2D eigenvalue weighted by Crippen LogP contribution is 2.29. The summed E-state index contributed by atoms with van der Waals surface area (Å²) in [6, 6.07) is 7.43. The van der Waals surface area contributed by atoms with E-state index in [1.165, 1.54) is 18.2 Å². The minimum atomic E-state index is -4.57. The maximum atomic E-state index is 13.0. The van der Waals surface area contributed by atoms with Crippen LogP contribution in [-0.2, 0) is 11.0 Å². The lowest BCUT2D eigenvalue weighted by molar-refractivity contribution is -0.137. The van der Waals surface area contributed by atoms with Gasteiger partial charge < -0.3 is 4.84 Å². The number of benzene rings is 2. The summed E-state index contributed by atoms with van der Waals surface area (Å²) in [6.45, 7) is 0. The molecule has 2 aromatic rings. The second kappa shape index (κ2) is 6.78. The van der Waals surface area contributed by atoms with Crippen LogP contribution < -0.4 is 0 Å². The van der Waals surface area contributed by atoms with Crippen LogP contribution in [-0.4, -0.2) is 12.2 Å². The molecule has 8 heteroatoms. The van der Waals surface area contributed by atoms with Gasteiger partial charge in [-0.2, -0.15) is 13.2 Å². The maximum absolute atomic E-state index is 13.0. The molecule has 0 unspecified atom stereocenters. The van der Waals surface area contributed by atoms with Gasteiger partial charge in [-0.25, -0.2) is 9.18 Å². The van der Waals surface area contributed by atoms with Crippen LogP contribution in [0.4, 0.5) is 17.6 Å². The summed E-state index contributed by atoms with van der Waals surface area (Å²) >= 11 is 5.56. The normalized spacial score (nSPS) is 11.7. The summed E-state index contributed by atoms with van der Waals surface area (Å²) in [5.74, 6) is -1.68. The first-order valence-electron chi connectivity index (χ1n) is 6.14. The predicted molar refractivity (Wildman–Crippen MR) is 75.9 cm³/mol. The summed E-state index contributed by atoms with van der Waals surface area (Å²) in [4.78, 5) is 16.1. The average molecular weight is 346 g/mol. The van der Waals surface area contributed by atoms with Crippen molar-refractivity contribution in [3.8, 4) is 0 Å². The van der Waals surface area contributed by atoms with Gasteiger partial charge in [0.1, 0.15) is 5.82 Å². The van der Waals surface area contributed by atoms with Crippen molar-refractivity contribution in [1.29, 1.82) is 0 Å². The highest BCUT2D eigenvalue weighted by atomic mass is 35.5. The Morgan fingerprint density at radius 3 is 2.57 bits per heavy atom. The van der Waals surface area contributed by atoms with Crippen LogP contribution in [0.5, 0.6) is 0 Å². The summed E-state index contributed by atoms with van der Waals surface area (Å²) in [5, 5.41) is 3.20. The van der Waals surface area contributed by atoms with E-state index in [1.807, 2.05) is 0 Å². The van der Waals surface area contributed by atoms with Crippen molar-refractivity contribution in [1.82, 2.24) is 0 Å². The van der Waals surface area contributed by atoms with Gasteiger partial charge in [-0.3, -0.25) is 0 Å². The molecular weight excluding hydrogens is 338 g/mol. The van der Waals surface area contributed by atoms with Crippen LogP contribution in [0.15, 0.2) is 47.6 Å².